The van der Waals surface area contributed by atoms with Crippen molar-refractivity contribution in [3.63, 3.8) is 0 Å². The molecule has 3 heterocycles. The topological polar surface area (TPSA) is 72.8 Å². The van der Waals surface area contributed by atoms with E-state index in [4.69, 9.17) is 4.74 Å². The molecule has 22 heavy (non-hydrogen) atoms. The van der Waals surface area contributed by atoms with Crippen molar-refractivity contribution in [2.75, 3.05) is 12.4 Å². The Kier molecular flexibility index (Phi) is 4.35. The molecule has 0 amide bonds. The summed E-state index contributed by atoms with van der Waals surface area (Å²) in [4.78, 5) is 16.8. The average Bonchev–Trinajstić information content (AvgIpc) is 3.22. The normalized spacial score (nSPS) is 18.0. The molecule has 0 saturated carbocycles. The summed E-state index contributed by atoms with van der Waals surface area (Å²) in [5.41, 5.74) is 2.87. The molecule has 0 bridgehead atoms. The second-order valence-electron chi connectivity index (χ2n) is 5.56. The van der Waals surface area contributed by atoms with Gasteiger partial charge in [0.2, 0.25) is 5.16 Å². The molecule has 0 unspecified atom stereocenters. The van der Waals surface area contributed by atoms with E-state index in [0.717, 1.165) is 42.2 Å². The summed E-state index contributed by atoms with van der Waals surface area (Å²) in [6.07, 6.45) is 2.05. The minimum absolute atomic E-state index is 0.0246. The maximum Gasteiger partial charge on any atom is 0.208 e. The molecule has 1 saturated heterocycles. The van der Waals surface area contributed by atoms with E-state index < -0.39 is 0 Å². The minimum Gasteiger partial charge on any atom is -0.370 e. The first-order chi connectivity index (χ1) is 10.6. The molecule has 1 aliphatic rings. The second-order valence-corrected chi connectivity index (χ2v) is 6.50. The van der Waals surface area contributed by atoms with Crippen LogP contribution in [-0.2, 0) is 11.8 Å². The number of ether oxygens (including phenoxy) is 1. The lowest BCUT2D eigenvalue weighted by Gasteiger charge is -2.03. The zero-order valence-corrected chi connectivity index (χ0v) is 13.9. The Labute approximate surface area is 133 Å². The third kappa shape index (κ3) is 2.96. The van der Waals surface area contributed by atoms with Gasteiger partial charge in [0.15, 0.2) is 11.6 Å². The standard InChI is InChI=1S/C15H20N4O2S/c1-9-7-11(10(2)19(9)3)12(20)8-22-15-16-14(17-18-15)13-5-4-6-21-13/h7,13H,4-6,8H2,1-3H3,(H,16,17,18)/t13-/m0/s1. The second kappa shape index (κ2) is 6.26. The Morgan fingerprint density at radius 1 is 1.55 bits per heavy atom. The van der Waals surface area contributed by atoms with E-state index in [0.29, 0.717) is 10.9 Å². The maximum atomic E-state index is 12.3. The number of ketones is 1. The van der Waals surface area contributed by atoms with Gasteiger partial charge in [-0.2, -0.15) is 0 Å². The molecule has 6 nitrogen and oxygen atoms in total. The lowest BCUT2D eigenvalue weighted by Crippen LogP contribution is -2.04. The Morgan fingerprint density at radius 3 is 3.00 bits per heavy atom. The highest BCUT2D eigenvalue weighted by atomic mass is 32.2. The number of hydrogen-bond donors (Lipinski definition) is 1. The molecule has 0 aromatic carbocycles. The molecule has 0 radical (unpaired) electrons. The number of thioether (sulfide) groups is 1. The van der Waals surface area contributed by atoms with E-state index in [-0.39, 0.29) is 11.9 Å². The van der Waals surface area contributed by atoms with Gasteiger partial charge in [0.05, 0.1) is 5.75 Å². The van der Waals surface area contributed by atoms with E-state index in [1.165, 1.54) is 11.8 Å². The lowest BCUT2D eigenvalue weighted by molar-refractivity contribution is 0.102. The van der Waals surface area contributed by atoms with Gasteiger partial charge in [0.25, 0.3) is 0 Å². The van der Waals surface area contributed by atoms with E-state index in [1.807, 2.05) is 31.5 Å². The van der Waals surface area contributed by atoms with Gasteiger partial charge in [-0.05, 0) is 32.8 Å². The number of hydrogen-bond acceptors (Lipinski definition) is 5. The molecule has 7 heteroatoms. The van der Waals surface area contributed by atoms with Crippen LogP contribution in [0.25, 0.3) is 0 Å². The van der Waals surface area contributed by atoms with Crippen molar-refractivity contribution < 1.29 is 9.53 Å². The fourth-order valence-corrected chi connectivity index (χ4v) is 3.29. The Morgan fingerprint density at radius 2 is 2.36 bits per heavy atom. The lowest BCUT2D eigenvalue weighted by atomic mass is 10.2. The number of H-pyrrole nitrogens is 1. The smallest absolute Gasteiger partial charge is 0.208 e. The van der Waals surface area contributed by atoms with Gasteiger partial charge < -0.3 is 9.30 Å². The highest BCUT2D eigenvalue weighted by Crippen LogP contribution is 2.27. The summed E-state index contributed by atoms with van der Waals surface area (Å²) in [5.74, 6) is 1.21. The number of nitrogens with one attached hydrogen (secondary N) is 1. The monoisotopic (exact) mass is 320 g/mol. The van der Waals surface area contributed by atoms with Crippen LogP contribution >= 0.6 is 11.8 Å². The van der Waals surface area contributed by atoms with Gasteiger partial charge >= 0.3 is 0 Å². The highest BCUT2D eigenvalue weighted by Gasteiger charge is 2.22. The van der Waals surface area contributed by atoms with Crippen LogP contribution in [0.3, 0.4) is 0 Å². The first-order valence-corrected chi connectivity index (χ1v) is 8.37. The number of carbonyl (C=O) groups is 1. The number of aromatic amines is 1. The summed E-state index contributed by atoms with van der Waals surface area (Å²) in [7, 11) is 1.97. The molecule has 1 N–H and O–H groups in total. The van der Waals surface area contributed by atoms with Crippen molar-refractivity contribution in [3.05, 3.63) is 28.8 Å². The molecule has 3 rings (SSSR count). The molecule has 0 spiro atoms. The molecule has 0 aliphatic carbocycles. The fraction of sp³-hybridized carbons (Fsp3) is 0.533. The van der Waals surface area contributed by atoms with Crippen LogP contribution in [0, 0.1) is 13.8 Å². The summed E-state index contributed by atoms with van der Waals surface area (Å²) < 4.78 is 7.59. The first kappa shape index (κ1) is 15.3. The van der Waals surface area contributed by atoms with Gasteiger partial charge in [-0.1, -0.05) is 11.8 Å². The third-order valence-electron chi connectivity index (χ3n) is 4.12. The summed E-state index contributed by atoms with van der Waals surface area (Å²) >= 11 is 1.36. The Bertz CT molecular complexity index is 686. The van der Waals surface area contributed by atoms with Crippen molar-refractivity contribution in [3.8, 4) is 0 Å². The predicted molar refractivity (Wildman–Crippen MR) is 84.3 cm³/mol. The summed E-state index contributed by atoms with van der Waals surface area (Å²) in [5, 5.41) is 7.68. The van der Waals surface area contributed by atoms with Crippen LogP contribution in [0.15, 0.2) is 11.2 Å². The molecule has 1 fully saturated rings. The SMILES string of the molecule is Cc1cc(C(=O)CSc2n[nH]c([C@@H]3CCCO3)n2)c(C)n1C. The van der Waals surface area contributed by atoms with E-state index in [1.54, 1.807) is 0 Å². The number of aryl methyl sites for hydroxylation is 1. The van der Waals surface area contributed by atoms with Gasteiger partial charge in [-0.15, -0.1) is 5.10 Å². The first-order valence-electron chi connectivity index (χ1n) is 7.39. The summed E-state index contributed by atoms with van der Waals surface area (Å²) in [6, 6.07) is 1.94. The van der Waals surface area contributed by atoms with Crippen molar-refractivity contribution in [1.29, 1.82) is 0 Å². The fourth-order valence-electron chi connectivity index (χ4n) is 2.61. The number of Topliss-reactive ketones (excluding diaryl/α,β-unsaturated/α-hetero) is 1. The Hall–Kier alpha value is -1.60. The van der Waals surface area contributed by atoms with Gasteiger partial charge in [0, 0.05) is 30.6 Å². The minimum atomic E-state index is 0.0246. The highest BCUT2D eigenvalue weighted by molar-refractivity contribution is 7.99. The number of nitrogens with zero attached hydrogens (tertiary/aromatic N) is 3. The van der Waals surface area contributed by atoms with Gasteiger partial charge in [-0.3, -0.25) is 9.89 Å². The molecule has 2 aromatic heterocycles. The maximum absolute atomic E-state index is 12.3. The quantitative estimate of drug-likeness (QED) is 0.677. The largest absolute Gasteiger partial charge is 0.370 e. The van der Waals surface area contributed by atoms with Gasteiger partial charge in [-0.25, -0.2) is 4.98 Å². The van der Waals surface area contributed by atoms with Crippen molar-refractivity contribution >= 4 is 17.5 Å². The third-order valence-corrected chi connectivity index (χ3v) is 4.97. The van der Waals surface area contributed by atoms with E-state index in [2.05, 4.69) is 15.2 Å². The van der Waals surface area contributed by atoms with Crippen LogP contribution in [0.5, 0.6) is 0 Å². The summed E-state index contributed by atoms with van der Waals surface area (Å²) in [6.45, 7) is 4.74. The molecule has 1 atom stereocenters. The Balaban J connectivity index is 1.62. The van der Waals surface area contributed by atoms with Crippen LogP contribution in [0.4, 0.5) is 0 Å². The molecule has 118 valence electrons. The predicted octanol–water partition coefficient (Wildman–Crippen LogP) is 2.59. The van der Waals surface area contributed by atoms with Crippen molar-refractivity contribution in [1.82, 2.24) is 19.7 Å². The van der Waals surface area contributed by atoms with Gasteiger partial charge in [0.1, 0.15) is 6.10 Å². The van der Waals surface area contributed by atoms with Crippen LogP contribution < -0.4 is 0 Å². The number of rotatable bonds is 5. The van der Waals surface area contributed by atoms with Crippen LogP contribution in [-0.4, -0.2) is 37.9 Å². The molecular formula is C15H20N4O2S. The average molecular weight is 320 g/mol. The molecule has 2 aromatic rings. The van der Waals surface area contributed by atoms with Crippen molar-refractivity contribution in [2.45, 2.75) is 37.9 Å². The number of aromatic nitrogens is 4. The molecule has 1 aliphatic heterocycles. The molecular weight excluding hydrogens is 300 g/mol. The zero-order valence-electron chi connectivity index (χ0n) is 13.0. The van der Waals surface area contributed by atoms with Crippen molar-refractivity contribution in [2.24, 2.45) is 7.05 Å². The zero-order chi connectivity index (χ0) is 15.7. The van der Waals surface area contributed by atoms with E-state index >= 15 is 0 Å². The van der Waals surface area contributed by atoms with E-state index in [9.17, 15) is 4.79 Å². The number of carbonyl (C=O) groups excluding carboxylic acids is 1. The van der Waals surface area contributed by atoms with Crippen LogP contribution in [0.2, 0.25) is 0 Å². The van der Waals surface area contributed by atoms with Crippen LogP contribution in [0.1, 0.15) is 46.5 Å².